The number of rotatable bonds is 6. The second-order valence-electron chi connectivity index (χ2n) is 5.77. The maximum absolute atomic E-state index is 12.4. The molecule has 0 fully saturated rings. The summed E-state index contributed by atoms with van der Waals surface area (Å²) >= 11 is 0. The van der Waals surface area contributed by atoms with Crippen LogP contribution in [0.1, 0.15) is 30.5 Å². The Morgan fingerprint density at radius 3 is 2.64 bits per heavy atom. The van der Waals surface area contributed by atoms with E-state index in [4.69, 9.17) is 14.7 Å². The number of nitrogens with one attached hydrogen (secondary N) is 1. The molecule has 1 N–H and O–H groups in total. The van der Waals surface area contributed by atoms with Gasteiger partial charge in [0.05, 0.1) is 18.2 Å². The molecule has 5 nitrogen and oxygen atoms in total. The van der Waals surface area contributed by atoms with Crippen LogP contribution in [0.15, 0.2) is 36.4 Å². The average molecular weight is 338 g/mol. The molecule has 0 aliphatic heterocycles. The lowest BCUT2D eigenvalue weighted by molar-refractivity contribution is -0.122. The van der Waals surface area contributed by atoms with Crippen molar-refractivity contribution in [2.75, 3.05) is 11.9 Å². The predicted molar refractivity (Wildman–Crippen MR) is 97.0 cm³/mol. The number of nitrogens with zero attached hydrogens (tertiary/aromatic N) is 1. The molecule has 0 bridgehead atoms. The van der Waals surface area contributed by atoms with Gasteiger partial charge in [-0.1, -0.05) is 12.1 Å². The van der Waals surface area contributed by atoms with Gasteiger partial charge in [-0.05, 0) is 57.0 Å². The number of amides is 1. The van der Waals surface area contributed by atoms with E-state index in [1.165, 1.54) is 0 Å². The molecular formula is C20H22N2O3. The summed E-state index contributed by atoms with van der Waals surface area (Å²) in [7, 11) is 0. The average Bonchev–Trinajstić information content (AvgIpc) is 2.59. The first-order valence-electron chi connectivity index (χ1n) is 8.16. The van der Waals surface area contributed by atoms with Gasteiger partial charge in [-0.15, -0.1) is 0 Å². The van der Waals surface area contributed by atoms with Crippen LogP contribution in [0.5, 0.6) is 11.5 Å². The monoisotopic (exact) mass is 338 g/mol. The second-order valence-corrected chi connectivity index (χ2v) is 5.77. The molecule has 2 aromatic rings. The van der Waals surface area contributed by atoms with Crippen LogP contribution in [0.2, 0.25) is 0 Å². The van der Waals surface area contributed by atoms with Crippen LogP contribution < -0.4 is 14.8 Å². The molecule has 0 saturated heterocycles. The Hall–Kier alpha value is -3.00. The molecular weight excluding hydrogens is 316 g/mol. The van der Waals surface area contributed by atoms with Gasteiger partial charge in [0, 0.05) is 11.8 Å². The highest BCUT2D eigenvalue weighted by atomic mass is 16.5. The molecule has 1 amide bonds. The van der Waals surface area contributed by atoms with Crippen molar-refractivity contribution in [2.24, 2.45) is 0 Å². The van der Waals surface area contributed by atoms with Gasteiger partial charge in [0.2, 0.25) is 0 Å². The standard InChI is InChI=1S/C20H22N2O3/c1-5-24-19-11-16(12-21)8-9-18(19)25-15(4)20(23)22-17-10-13(2)6-7-14(17)3/h6-11,15H,5H2,1-4H3,(H,22,23)/t15-/m1/s1. The molecule has 0 aliphatic carbocycles. The molecule has 2 aromatic carbocycles. The third-order valence-corrected chi connectivity index (χ3v) is 3.70. The van der Waals surface area contributed by atoms with Gasteiger partial charge >= 0.3 is 0 Å². The number of benzene rings is 2. The Morgan fingerprint density at radius 2 is 1.96 bits per heavy atom. The maximum atomic E-state index is 12.4. The number of carbonyl (C=O) groups is 1. The van der Waals surface area contributed by atoms with Crippen LogP contribution in [-0.4, -0.2) is 18.6 Å². The van der Waals surface area contributed by atoms with E-state index in [1.54, 1.807) is 25.1 Å². The van der Waals surface area contributed by atoms with Crippen LogP contribution in [0, 0.1) is 25.2 Å². The topological polar surface area (TPSA) is 71.3 Å². The number of hydrogen-bond acceptors (Lipinski definition) is 4. The number of anilines is 1. The zero-order valence-corrected chi connectivity index (χ0v) is 14.9. The van der Waals surface area contributed by atoms with E-state index < -0.39 is 6.10 Å². The zero-order chi connectivity index (χ0) is 18.4. The normalized spacial score (nSPS) is 11.3. The van der Waals surface area contributed by atoms with E-state index in [0.29, 0.717) is 23.7 Å². The quantitative estimate of drug-likeness (QED) is 0.865. The van der Waals surface area contributed by atoms with Crippen LogP contribution in [0.25, 0.3) is 0 Å². The van der Waals surface area contributed by atoms with Crippen molar-refractivity contribution in [1.82, 2.24) is 0 Å². The van der Waals surface area contributed by atoms with Gasteiger partial charge < -0.3 is 14.8 Å². The number of hydrogen-bond donors (Lipinski definition) is 1. The molecule has 0 heterocycles. The minimum absolute atomic E-state index is 0.250. The molecule has 0 saturated carbocycles. The summed E-state index contributed by atoms with van der Waals surface area (Å²) < 4.78 is 11.3. The molecule has 130 valence electrons. The highest BCUT2D eigenvalue weighted by Gasteiger charge is 2.18. The maximum Gasteiger partial charge on any atom is 0.265 e. The first-order valence-corrected chi connectivity index (χ1v) is 8.16. The lowest BCUT2D eigenvalue weighted by Crippen LogP contribution is -2.30. The first-order chi connectivity index (χ1) is 11.9. The molecule has 2 rings (SSSR count). The van der Waals surface area contributed by atoms with Crippen molar-refractivity contribution in [2.45, 2.75) is 33.8 Å². The van der Waals surface area contributed by atoms with Gasteiger partial charge in [0.15, 0.2) is 17.6 Å². The molecule has 1 atom stereocenters. The van der Waals surface area contributed by atoms with Crippen molar-refractivity contribution in [3.63, 3.8) is 0 Å². The van der Waals surface area contributed by atoms with E-state index in [2.05, 4.69) is 11.4 Å². The fraction of sp³-hybridized carbons (Fsp3) is 0.300. The van der Waals surface area contributed by atoms with Gasteiger partial charge in [0.1, 0.15) is 0 Å². The molecule has 0 aliphatic rings. The third kappa shape index (κ3) is 4.74. The van der Waals surface area contributed by atoms with Crippen LogP contribution in [0.3, 0.4) is 0 Å². The SMILES string of the molecule is CCOc1cc(C#N)ccc1O[C@H](C)C(=O)Nc1cc(C)ccc1C. The largest absolute Gasteiger partial charge is 0.490 e. The fourth-order valence-corrected chi connectivity index (χ4v) is 2.29. The van der Waals surface area contributed by atoms with E-state index in [9.17, 15) is 4.79 Å². The van der Waals surface area contributed by atoms with Crippen LogP contribution >= 0.6 is 0 Å². The van der Waals surface area contributed by atoms with Crippen LogP contribution in [0.4, 0.5) is 5.69 Å². The van der Waals surface area contributed by atoms with E-state index in [0.717, 1.165) is 16.8 Å². The number of ether oxygens (including phenoxy) is 2. The van der Waals surface area contributed by atoms with Gasteiger partial charge in [0.25, 0.3) is 5.91 Å². The number of aryl methyl sites for hydroxylation is 2. The Kier molecular flexibility index (Phi) is 6.02. The van der Waals surface area contributed by atoms with E-state index in [-0.39, 0.29) is 5.91 Å². The predicted octanol–water partition coefficient (Wildman–Crippen LogP) is 3.98. The molecule has 25 heavy (non-hydrogen) atoms. The Bertz CT molecular complexity index is 809. The minimum atomic E-state index is -0.716. The van der Waals surface area contributed by atoms with E-state index >= 15 is 0 Å². The Balaban J connectivity index is 2.13. The lowest BCUT2D eigenvalue weighted by atomic mass is 10.1. The van der Waals surface area contributed by atoms with Crippen molar-refractivity contribution in [3.8, 4) is 17.6 Å². The number of carbonyl (C=O) groups excluding carboxylic acids is 1. The number of nitriles is 1. The zero-order valence-electron chi connectivity index (χ0n) is 14.9. The first kappa shape index (κ1) is 18.3. The van der Waals surface area contributed by atoms with Crippen molar-refractivity contribution in [3.05, 3.63) is 53.1 Å². The highest BCUT2D eigenvalue weighted by molar-refractivity contribution is 5.94. The van der Waals surface area contributed by atoms with Gasteiger partial charge in [-0.2, -0.15) is 5.26 Å². The summed E-state index contributed by atoms with van der Waals surface area (Å²) in [6, 6.07) is 12.8. The summed E-state index contributed by atoms with van der Waals surface area (Å²) in [5.41, 5.74) is 3.30. The Morgan fingerprint density at radius 1 is 1.20 bits per heavy atom. The van der Waals surface area contributed by atoms with Crippen molar-refractivity contribution < 1.29 is 14.3 Å². The summed E-state index contributed by atoms with van der Waals surface area (Å²) in [4.78, 5) is 12.4. The smallest absolute Gasteiger partial charge is 0.265 e. The van der Waals surface area contributed by atoms with Crippen molar-refractivity contribution >= 4 is 11.6 Å². The molecule has 0 spiro atoms. The van der Waals surface area contributed by atoms with Crippen LogP contribution in [-0.2, 0) is 4.79 Å². The Labute approximate surface area is 148 Å². The van der Waals surface area contributed by atoms with E-state index in [1.807, 2.05) is 39.0 Å². The van der Waals surface area contributed by atoms with Crippen molar-refractivity contribution in [1.29, 1.82) is 5.26 Å². The summed E-state index contributed by atoms with van der Waals surface area (Å²) in [5, 5.41) is 11.9. The molecule has 5 heteroatoms. The third-order valence-electron chi connectivity index (χ3n) is 3.70. The summed E-state index contributed by atoms with van der Waals surface area (Å²) in [6.07, 6.45) is -0.716. The van der Waals surface area contributed by atoms with Gasteiger partial charge in [-0.3, -0.25) is 4.79 Å². The summed E-state index contributed by atoms with van der Waals surface area (Å²) in [5.74, 6) is 0.637. The fourth-order valence-electron chi connectivity index (χ4n) is 2.29. The molecule has 0 radical (unpaired) electrons. The highest BCUT2D eigenvalue weighted by Crippen LogP contribution is 2.29. The lowest BCUT2D eigenvalue weighted by Gasteiger charge is -2.18. The second kappa shape index (κ2) is 8.20. The minimum Gasteiger partial charge on any atom is -0.490 e. The molecule has 0 aromatic heterocycles. The van der Waals surface area contributed by atoms with Gasteiger partial charge in [-0.25, -0.2) is 0 Å². The molecule has 0 unspecified atom stereocenters. The summed E-state index contributed by atoms with van der Waals surface area (Å²) in [6.45, 7) is 7.87.